The van der Waals surface area contributed by atoms with Gasteiger partial charge in [0, 0.05) is 5.56 Å². The predicted octanol–water partition coefficient (Wildman–Crippen LogP) is 3.84. The number of fused-ring (bicyclic) bond motifs is 2. The normalized spacial score (nSPS) is 16.1. The minimum Gasteiger partial charge on any atom is -0.462 e. The number of ether oxygens (including phenoxy) is 1. The van der Waals surface area contributed by atoms with Gasteiger partial charge in [-0.1, -0.05) is 54.6 Å². The Morgan fingerprint density at radius 3 is 2.47 bits per heavy atom. The van der Waals surface area contributed by atoms with Crippen molar-refractivity contribution in [2.45, 2.75) is 18.4 Å². The fourth-order valence-electron chi connectivity index (χ4n) is 3.59. The van der Waals surface area contributed by atoms with Crippen molar-refractivity contribution >= 4 is 32.5 Å². The standard InChI is InChI=1S/C23H18N2O4S/c1-2-29-23(26)20(14-24)22-19-9-5-6-10-21(19)30(27,28)25(22)15-16-11-12-17-7-3-4-8-18(17)13-16/h3-13H,2,15H2,1H3/b22-20-. The smallest absolute Gasteiger partial charge is 0.351 e. The van der Waals surface area contributed by atoms with Crippen molar-refractivity contribution < 1.29 is 17.9 Å². The Balaban J connectivity index is 1.89. The number of hydrogen-bond acceptors (Lipinski definition) is 5. The van der Waals surface area contributed by atoms with Crippen LogP contribution < -0.4 is 0 Å². The van der Waals surface area contributed by atoms with Crippen LogP contribution in [0.3, 0.4) is 0 Å². The Labute approximate surface area is 174 Å². The van der Waals surface area contributed by atoms with Gasteiger partial charge in [0.05, 0.1) is 23.7 Å². The second-order valence-corrected chi connectivity index (χ2v) is 8.58. The van der Waals surface area contributed by atoms with E-state index in [1.807, 2.05) is 48.5 Å². The molecule has 3 aromatic carbocycles. The van der Waals surface area contributed by atoms with Crippen molar-refractivity contribution in [1.29, 1.82) is 5.26 Å². The van der Waals surface area contributed by atoms with Gasteiger partial charge in [0.15, 0.2) is 5.57 Å². The summed E-state index contributed by atoms with van der Waals surface area (Å²) in [5.41, 5.74) is 0.789. The van der Waals surface area contributed by atoms with Gasteiger partial charge in [-0.2, -0.15) is 5.26 Å². The molecular weight excluding hydrogens is 400 g/mol. The third-order valence-corrected chi connectivity index (χ3v) is 6.73. The summed E-state index contributed by atoms with van der Waals surface area (Å²) in [7, 11) is -3.93. The first-order chi connectivity index (χ1) is 14.5. The molecule has 0 fully saturated rings. The summed E-state index contributed by atoms with van der Waals surface area (Å²) in [5.74, 6) is -0.842. The van der Waals surface area contributed by atoms with Crippen molar-refractivity contribution in [3.05, 3.63) is 83.4 Å². The van der Waals surface area contributed by atoms with E-state index >= 15 is 0 Å². The lowest BCUT2D eigenvalue weighted by Crippen LogP contribution is -2.25. The molecule has 0 saturated carbocycles. The molecule has 0 bridgehead atoms. The molecule has 0 radical (unpaired) electrons. The molecule has 150 valence electrons. The lowest BCUT2D eigenvalue weighted by molar-refractivity contribution is -0.137. The summed E-state index contributed by atoms with van der Waals surface area (Å²) in [4.78, 5) is 12.5. The van der Waals surface area contributed by atoms with Gasteiger partial charge in [-0.25, -0.2) is 13.2 Å². The van der Waals surface area contributed by atoms with Crippen LogP contribution in [-0.2, 0) is 26.1 Å². The zero-order valence-electron chi connectivity index (χ0n) is 16.2. The largest absolute Gasteiger partial charge is 0.462 e. The number of benzene rings is 3. The van der Waals surface area contributed by atoms with Crippen molar-refractivity contribution in [2.75, 3.05) is 6.61 Å². The number of carbonyl (C=O) groups excluding carboxylic acids is 1. The van der Waals surface area contributed by atoms with E-state index in [1.54, 1.807) is 25.1 Å². The minimum absolute atomic E-state index is 0.0121. The van der Waals surface area contributed by atoms with Crippen LogP contribution in [0.5, 0.6) is 0 Å². The van der Waals surface area contributed by atoms with Gasteiger partial charge in [0.25, 0.3) is 10.0 Å². The fraction of sp³-hybridized carbons (Fsp3) is 0.130. The van der Waals surface area contributed by atoms with Crippen molar-refractivity contribution in [3.8, 4) is 6.07 Å². The van der Waals surface area contributed by atoms with Crippen molar-refractivity contribution in [1.82, 2.24) is 4.31 Å². The Bertz CT molecular complexity index is 1340. The Morgan fingerprint density at radius 1 is 1.03 bits per heavy atom. The molecule has 0 N–H and O–H groups in total. The summed E-state index contributed by atoms with van der Waals surface area (Å²) in [6.07, 6.45) is 0. The lowest BCUT2D eigenvalue weighted by atomic mass is 10.0. The zero-order chi connectivity index (χ0) is 21.3. The van der Waals surface area contributed by atoms with E-state index < -0.39 is 16.0 Å². The average molecular weight is 418 g/mol. The van der Waals surface area contributed by atoms with Gasteiger partial charge in [-0.15, -0.1) is 0 Å². The summed E-state index contributed by atoms with van der Waals surface area (Å²) in [5, 5.41) is 11.7. The lowest BCUT2D eigenvalue weighted by Gasteiger charge is -2.20. The van der Waals surface area contributed by atoms with Crippen LogP contribution in [0.25, 0.3) is 16.5 Å². The minimum atomic E-state index is -3.93. The van der Waals surface area contributed by atoms with Crippen LogP contribution in [0.15, 0.2) is 77.2 Å². The van der Waals surface area contributed by atoms with Gasteiger partial charge in [-0.3, -0.25) is 4.31 Å². The van der Waals surface area contributed by atoms with Crippen LogP contribution in [0.1, 0.15) is 18.1 Å². The SMILES string of the molecule is CCOC(=O)/C(C#N)=C1/c2ccccc2S(=O)(=O)N1Cc1ccc2ccccc2c1. The zero-order valence-corrected chi connectivity index (χ0v) is 17.0. The molecule has 30 heavy (non-hydrogen) atoms. The Kier molecular flexibility index (Phi) is 5.02. The monoisotopic (exact) mass is 418 g/mol. The Hall–Kier alpha value is -3.63. The quantitative estimate of drug-likeness (QED) is 0.365. The molecule has 1 aliphatic heterocycles. The summed E-state index contributed by atoms with van der Waals surface area (Å²) in [6, 6.07) is 21.6. The van der Waals surface area contributed by atoms with Gasteiger partial charge >= 0.3 is 5.97 Å². The number of rotatable bonds is 4. The summed E-state index contributed by atoms with van der Waals surface area (Å²) < 4.78 is 32.7. The highest BCUT2D eigenvalue weighted by molar-refractivity contribution is 7.90. The van der Waals surface area contributed by atoms with Crippen molar-refractivity contribution in [3.63, 3.8) is 0 Å². The molecule has 0 aromatic heterocycles. The molecule has 6 nitrogen and oxygen atoms in total. The molecular formula is C23H18N2O4S. The predicted molar refractivity (Wildman–Crippen MR) is 112 cm³/mol. The van der Waals surface area contributed by atoms with Crippen LogP contribution >= 0.6 is 0 Å². The molecule has 1 heterocycles. The molecule has 0 amide bonds. The number of nitriles is 1. The number of esters is 1. The maximum Gasteiger partial charge on any atom is 0.351 e. The number of nitrogens with zero attached hydrogens (tertiary/aromatic N) is 2. The molecule has 0 aliphatic carbocycles. The van der Waals surface area contributed by atoms with E-state index in [4.69, 9.17) is 4.74 Å². The molecule has 0 atom stereocenters. The maximum absolute atomic E-state index is 13.3. The highest BCUT2D eigenvalue weighted by Crippen LogP contribution is 2.41. The van der Waals surface area contributed by atoms with Gasteiger partial charge in [0.1, 0.15) is 6.07 Å². The van der Waals surface area contributed by atoms with Gasteiger partial charge in [0.2, 0.25) is 0 Å². The second-order valence-electron chi connectivity index (χ2n) is 6.75. The maximum atomic E-state index is 13.3. The van der Waals surface area contributed by atoms with Gasteiger partial charge < -0.3 is 4.74 Å². The second kappa shape index (κ2) is 7.65. The van der Waals surface area contributed by atoms with E-state index in [0.29, 0.717) is 5.56 Å². The molecule has 4 rings (SSSR count). The fourth-order valence-corrected chi connectivity index (χ4v) is 5.26. The van der Waals surface area contributed by atoms with Crippen LogP contribution in [0.2, 0.25) is 0 Å². The molecule has 0 saturated heterocycles. The number of carbonyl (C=O) groups is 1. The molecule has 1 aliphatic rings. The first-order valence-corrected chi connectivity index (χ1v) is 10.8. The topological polar surface area (TPSA) is 87.5 Å². The van der Waals surface area contributed by atoms with Crippen molar-refractivity contribution in [2.24, 2.45) is 0 Å². The molecule has 7 heteroatoms. The van der Waals surface area contributed by atoms with E-state index in [0.717, 1.165) is 20.6 Å². The van der Waals surface area contributed by atoms with E-state index in [2.05, 4.69) is 0 Å². The number of sulfonamides is 1. The highest BCUT2D eigenvalue weighted by Gasteiger charge is 2.41. The number of hydrogen-bond donors (Lipinski definition) is 0. The Morgan fingerprint density at radius 2 is 1.73 bits per heavy atom. The molecule has 0 spiro atoms. The summed E-state index contributed by atoms with van der Waals surface area (Å²) in [6.45, 7) is 1.70. The van der Waals surface area contributed by atoms with E-state index in [1.165, 1.54) is 6.07 Å². The van der Waals surface area contributed by atoms with Crippen LogP contribution in [-0.4, -0.2) is 25.3 Å². The first kappa shape index (κ1) is 19.7. The van der Waals surface area contributed by atoms with E-state index in [9.17, 15) is 18.5 Å². The van der Waals surface area contributed by atoms with Crippen LogP contribution in [0, 0.1) is 11.3 Å². The van der Waals surface area contributed by atoms with Crippen LogP contribution in [0.4, 0.5) is 0 Å². The third kappa shape index (κ3) is 3.21. The highest BCUT2D eigenvalue weighted by atomic mass is 32.2. The summed E-state index contributed by atoms with van der Waals surface area (Å²) >= 11 is 0. The van der Waals surface area contributed by atoms with E-state index in [-0.39, 0.29) is 29.3 Å². The molecule has 0 unspecified atom stereocenters. The molecule has 3 aromatic rings. The third-order valence-electron chi connectivity index (χ3n) is 4.93. The average Bonchev–Trinajstić information content (AvgIpc) is 2.96. The first-order valence-electron chi connectivity index (χ1n) is 9.38. The van der Waals surface area contributed by atoms with Gasteiger partial charge in [-0.05, 0) is 35.4 Å².